The normalized spacial score (nSPS) is 24.1. The first-order chi connectivity index (χ1) is 10.5. The Labute approximate surface area is 140 Å². The lowest BCUT2D eigenvalue weighted by molar-refractivity contribution is -0.147. The predicted octanol–water partition coefficient (Wildman–Crippen LogP) is 1.46. The number of nitrogens with one attached hydrogen (secondary N) is 1. The minimum Gasteiger partial charge on any atom is -0.477 e. The third-order valence-corrected chi connectivity index (χ3v) is 7.28. The molecule has 1 saturated heterocycles. The topological polar surface area (TPSA) is 95.7 Å². The van der Waals surface area contributed by atoms with Crippen LogP contribution < -0.4 is 11.1 Å². The molecule has 4 N–H and O–H groups in total. The molecule has 0 bridgehead atoms. The highest BCUT2D eigenvalue weighted by Gasteiger charge is 2.51. The molecule has 1 aromatic heterocycles. The molecule has 3 rings (SSSR count). The third-order valence-electron chi connectivity index (χ3n) is 3.51. The molecule has 6 nitrogen and oxygen atoms in total. The van der Waals surface area contributed by atoms with Gasteiger partial charge < -0.3 is 16.2 Å². The maximum atomic E-state index is 11.8. The molecule has 1 fully saturated rings. The molecule has 9 heteroatoms. The van der Waals surface area contributed by atoms with Gasteiger partial charge in [-0.2, -0.15) is 0 Å². The van der Waals surface area contributed by atoms with Gasteiger partial charge in [0.1, 0.15) is 17.1 Å². The van der Waals surface area contributed by atoms with Crippen molar-refractivity contribution in [3.8, 4) is 0 Å². The summed E-state index contributed by atoms with van der Waals surface area (Å²) in [5.74, 6) is -0.195. The minimum absolute atomic E-state index is 0.119. The number of anilines is 1. The molecule has 118 valence electrons. The summed E-state index contributed by atoms with van der Waals surface area (Å²) in [6.07, 6.45) is 0. The fourth-order valence-electron chi connectivity index (χ4n) is 2.38. The smallest absolute Gasteiger partial charge is 0.352 e. The number of carboxylic acids is 1. The zero-order valence-corrected chi connectivity index (χ0v) is 14.2. The van der Waals surface area contributed by atoms with Gasteiger partial charge in [0, 0.05) is 18.6 Å². The Balaban J connectivity index is 1.78. The summed E-state index contributed by atoms with van der Waals surface area (Å²) in [5.41, 5.74) is 6.62. The van der Waals surface area contributed by atoms with Gasteiger partial charge in [-0.1, -0.05) is 0 Å². The van der Waals surface area contributed by atoms with E-state index in [0.717, 1.165) is 14.8 Å². The zero-order chi connectivity index (χ0) is 15.9. The Kier molecular flexibility index (Phi) is 4.40. The number of carbonyl (C=O) groups excluding carboxylic acids is 1. The molecule has 0 radical (unpaired) electrons. The van der Waals surface area contributed by atoms with Crippen molar-refractivity contribution in [2.75, 3.05) is 23.9 Å². The van der Waals surface area contributed by atoms with Crippen LogP contribution in [0.15, 0.2) is 27.6 Å². The second-order valence-electron chi connectivity index (χ2n) is 4.85. The molecule has 0 aliphatic carbocycles. The monoisotopic (exact) mass is 357 g/mol. The number of aliphatic carboxylic acids is 1. The van der Waals surface area contributed by atoms with Gasteiger partial charge in [0.2, 0.25) is 5.91 Å². The summed E-state index contributed by atoms with van der Waals surface area (Å²) in [5, 5.41) is 13.4. The summed E-state index contributed by atoms with van der Waals surface area (Å²) in [6, 6.07) is 3.42. The van der Waals surface area contributed by atoms with Crippen LogP contribution >= 0.6 is 34.9 Å². The number of carboxylic acid groups (broad SMARTS) is 1. The van der Waals surface area contributed by atoms with E-state index in [1.807, 2.05) is 19.2 Å². The minimum atomic E-state index is -1.05. The van der Waals surface area contributed by atoms with Gasteiger partial charge in [0.05, 0.1) is 9.21 Å². The molecule has 2 atom stereocenters. The second kappa shape index (κ2) is 6.15. The summed E-state index contributed by atoms with van der Waals surface area (Å²) in [7, 11) is 1.86. The molecular weight excluding hydrogens is 342 g/mol. The number of nitrogens with two attached hydrogens (primary N) is 1. The number of thiophene rings is 1. The molecule has 3 heterocycles. The largest absolute Gasteiger partial charge is 0.477 e. The van der Waals surface area contributed by atoms with Crippen LogP contribution in [0.5, 0.6) is 0 Å². The quantitative estimate of drug-likeness (QED) is 0.542. The number of hydrogen-bond donors (Lipinski definition) is 3. The van der Waals surface area contributed by atoms with Gasteiger partial charge in [0.15, 0.2) is 0 Å². The van der Waals surface area contributed by atoms with Crippen LogP contribution in [0.2, 0.25) is 0 Å². The summed E-state index contributed by atoms with van der Waals surface area (Å²) < 4.78 is 1.11. The molecule has 2 aliphatic heterocycles. The number of β-lactam (4-membered cyclic amide) rings is 1. The highest BCUT2D eigenvalue weighted by Crippen LogP contribution is 2.41. The Bertz CT molecular complexity index is 658. The first-order valence-corrected chi connectivity index (χ1v) is 9.44. The summed E-state index contributed by atoms with van der Waals surface area (Å²) >= 11 is 4.75. The fourth-order valence-corrected chi connectivity index (χ4v) is 5.80. The van der Waals surface area contributed by atoms with Crippen molar-refractivity contribution in [2.45, 2.75) is 15.6 Å². The van der Waals surface area contributed by atoms with Gasteiger partial charge in [-0.15, -0.1) is 34.9 Å². The summed E-state index contributed by atoms with van der Waals surface area (Å²) in [4.78, 5) is 24.7. The van der Waals surface area contributed by atoms with Gasteiger partial charge in [0.25, 0.3) is 0 Å². The van der Waals surface area contributed by atoms with Crippen molar-refractivity contribution in [1.29, 1.82) is 0 Å². The molecule has 0 aromatic carbocycles. The van der Waals surface area contributed by atoms with Crippen molar-refractivity contribution in [3.05, 3.63) is 23.4 Å². The number of rotatable bonds is 5. The Morgan fingerprint density at radius 1 is 1.59 bits per heavy atom. The summed E-state index contributed by atoms with van der Waals surface area (Å²) in [6.45, 7) is 0. The van der Waals surface area contributed by atoms with E-state index in [-0.39, 0.29) is 17.0 Å². The van der Waals surface area contributed by atoms with Crippen molar-refractivity contribution in [3.63, 3.8) is 0 Å². The van der Waals surface area contributed by atoms with E-state index < -0.39 is 12.0 Å². The Morgan fingerprint density at radius 2 is 2.36 bits per heavy atom. The molecule has 0 saturated carbocycles. The molecule has 1 amide bonds. The number of fused-ring (bicyclic) bond motifs is 1. The number of carbonyl (C=O) groups is 2. The molecule has 1 aromatic rings. The van der Waals surface area contributed by atoms with Crippen LogP contribution in [-0.4, -0.2) is 51.9 Å². The first-order valence-electron chi connectivity index (χ1n) is 6.59. The molecule has 22 heavy (non-hydrogen) atoms. The maximum absolute atomic E-state index is 11.8. The third kappa shape index (κ3) is 2.62. The van der Waals surface area contributed by atoms with Crippen molar-refractivity contribution in [1.82, 2.24) is 4.90 Å². The second-order valence-corrected chi connectivity index (χ2v) is 8.31. The van der Waals surface area contributed by atoms with Crippen LogP contribution in [0.3, 0.4) is 0 Å². The van der Waals surface area contributed by atoms with E-state index in [0.29, 0.717) is 11.5 Å². The average Bonchev–Trinajstić information content (AvgIpc) is 2.99. The van der Waals surface area contributed by atoms with Crippen LogP contribution in [-0.2, 0) is 9.59 Å². The van der Waals surface area contributed by atoms with Crippen molar-refractivity contribution >= 4 is 51.7 Å². The van der Waals surface area contributed by atoms with Crippen LogP contribution in [0.4, 0.5) is 5.00 Å². The highest BCUT2D eigenvalue weighted by atomic mass is 32.2. The number of hydrogen-bond acceptors (Lipinski definition) is 7. The SMILES string of the molecule is CNc1ccc(SCC2=C(C(=O)O)N3C(=O)C(N)C3SC2)s1. The number of amides is 1. The Hall–Kier alpha value is -1.16. The van der Waals surface area contributed by atoms with E-state index in [4.69, 9.17) is 5.73 Å². The standard InChI is InChI=1S/C13H15N3O3S3/c1-15-7-2-3-8(22-7)20-4-6-5-21-12-9(14)11(17)16(12)10(6)13(18)19/h2-3,9,12,15H,4-5,14H2,1H3,(H,18,19). The lowest BCUT2D eigenvalue weighted by Gasteiger charge is -2.48. The van der Waals surface area contributed by atoms with Gasteiger partial charge in [-0.25, -0.2) is 4.79 Å². The molecular formula is C13H15N3O3S3. The van der Waals surface area contributed by atoms with Crippen LogP contribution in [0.1, 0.15) is 0 Å². The first kappa shape index (κ1) is 15.7. The van der Waals surface area contributed by atoms with E-state index in [2.05, 4.69) is 5.32 Å². The molecule has 2 aliphatic rings. The van der Waals surface area contributed by atoms with E-state index in [1.165, 1.54) is 16.7 Å². The van der Waals surface area contributed by atoms with Crippen LogP contribution in [0, 0.1) is 0 Å². The average molecular weight is 357 g/mol. The van der Waals surface area contributed by atoms with E-state index in [9.17, 15) is 14.7 Å². The van der Waals surface area contributed by atoms with E-state index >= 15 is 0 Å². The number of nitrogens with zero attached hydrogens (tertiary/aromatic N) is 1. The maximum Gasteiger partial charge on any atom is 0.352 e. The van der Waals surface area contributed by atoms with Crippen LogP contribution in [0.25, 0.3) is 0 Å². The Morgan fingerprint density at radius 3 is 3.00 bits per heavy atom. The van der Waals surface area contributed by atoms with Gasteiger partial charge >= 0.3 is 5.97 Å². The molecule has 0 spiro atoms. The lowest BCUT2D eigenvalue weighted by Crippen LogP contribution is -2.68. The number of thioether (sulfide) groups is 2. The highest BCUT2D eigenvalue weighted by molar-refractivity contribution is 8.02. The fraction of sp³-hybridized carbons (Fsp3) is 0.385. The molecule has 2 unspecified atom stereocenters. The predicted molar refractivity (Wildman–Crippen MR) is 90.3 cm³/mol. The van der Waals surface area contributed by atoms with Gasteiger partial charge in [-0.3, -0.25) is 9.69 Å². The zero-order valence-electron chi connectivity index (χ0n) is 11.7. The lowest BCUT2D eigenvalue weighted by atomic mass is 10.0. The van der Waals surface area contributed by atoms with Crippen molar-refractivity contribution in [2.24, 2.45) is 5.73 Å². The van der Waals surface area contributed by atoms with Gasteiger partial charge in [-0.05, 0) is 17.7 Å². The van der Waals surface area contributed by atoms with E-state index in [1.54, 1.807) is 23.1 Å². The van der Waals surface area contributed by atoms with Crippen molar-refractivity contribution < 1.29 is 14.7 Å².